The van der Waals surface area contributed by atoms with Gasteiger partial charge in [0.25, 0.3) is 0 Å². The second kappa shape index (κ2) is 5.54. The number of hydrogen-bond acceptors (Lipinski definition) is 2. The second-order valence-corrected chi connectivity index (χ2v) is 5.33. The lowest BCUT2D eigenvalue weighted by molar-refractivity contribution is 0.476. The molecule has 0 aliphatic carbocycles. The van der Waals surface area contributed by atoms with Gasteiger partial charge in [0, 0.05) is 18.3 Å². The summed E-state index contributed by atoms with van der Waals surface area (Å²) in [7, 11) is 2.03. The minimum Gasteiger partial charge on any atom is -0.368 e. The van der Waals surface area contributed by atoms with Gasteiger partial charge in [0.2, 0.25) is 0 Å². The van der Waals surface area contributed by atoms with Crippen molar-refractivity contribution >= 4 is 5.69 Å². The van der Waals surface area contributed by atoms with Crippen molar-refractivity contribution in [2.75, 3.05) is 25.0 Å². The Balaban J connectivity index is 2.15. The van der Waals surface area contributed by atoms with E-state index in [1.54, 1.807) is 0 Å². The summed E-state index contributed by atoms with van der Waals surface area (Å²) in [5.41, 5.74) is 2.97. The van der Waals surface area contributed by atoms with Crippen LogP contribution in [0.3, 0.4) is 0 Å². The molecule has 2 atom stereocenters. The van der Waals surface area contributed by atoms with Crippen molar-refractivity contribution in [3.8, 4) is 0 Å². The molecule has 0 fully saturated rings. The maximum absolute atomic E-state index is 3.27. The fourth-order valence-corrected chi connectivity index (χ4v) is 2.79. The van der Waals surface area contributed by atoms with Gasteiger partial charge in [0.15, 0.2) is 0 Å². The van der Waals surface area contributed by atoms with E-state index >= 15 is 0 Å². The highest BCUT2D eigenvalue weighted by Gasteiger charge is 2.23. The normalized spacial score (nSPS) is 21.1. The number of para-hydroxylation sites is 1. The fraction of sp³-hybridized carbons (Fsp3) is 0.600. The Morgan fingerprint density at radius 2 is 2.18 bits per heavy atom. The quantitative estimate of drug-likeness (QED) is 0.858. The van der Waals surface area contributed by atoms with Crippen molar-refractivity contribution in [3.63, 3.8) is 0 Å². The molecule has 1 aromatic rings. The van der Waals surface area contributed by atoms with E-state index in [1.807, 2.05) is 7.05 Å². The first-order chi connectivity index (χ1) is 8.22. The molecular formula is C15H24N2. The third-order valence-electron chi connectivity index (χ3n) is 3.73. The topological polar surface area (TPSA) is 15.3 Å². The molecule has 17 heavy (non-hydrogen) atoms. The minimum absolute atomic E-state index is 0.671. The van der Waals surface area contributed by atoms with Crippen LogP contribution in [0.25, 0.3) is 0 Å². The molecule has 1 heterocycles. The smallest absolute Gasteiger partial charge is 0.0401 e. The van der Waals surface area contributed by atoms with Gasteiger partial charge in [-0.2, -0.15) is 0 Å². The summed E-state index contributed by atoms with van der Waals surface area (Å²) < 4.78 is 0. The van der Waals surface area contributed by atoms with E-state index in [0.29, 0.717) is 12.0 Å². The molecule has 0 saturated heterocycles. The van der Waals surface area contributed by atoms with E-state index in [1.165, 1.54) is 24.1 Å². The van der Waals surface area contributed by atoms with Crippen LogP contribution in [0, 0.1) is 5.92 Å². The molecule has 0 radical (unpaired) electrons. The van der Waals surface area contributed by atoms with Crippen LogP contribution in [0.15, 0.2) is 24.3 Å². The number of anilines is 1. The molecule has 1 aliphatic rings. The zero-order chi connectivity index (χ0) is 12.3. The van der Waals surface area contributed by atoms with Crippen molar-refractivity contribution in [2.45, 2.75) is 32.7 Å². The Morgan fingerprint density at radius 3 is 2.94 bits per heavy atom. The predicted octanol–water partition coefficient (Wildman–Crippen LogP) is 2.68. The molecular weight excluding hydrogens is 208 g/mol. The Labute approximate surface area is 105 Å². The molecule has 0 amide bonds. The Hall–Kier alpha value is -1.02. The van der Waals surface area contributed by atoms with Gasteiger partial charge in [0.1, 0.15) is 0 Å². The summed E-state index contributed by atoms with van der Waals surface area (Å²) in [6.45, 7) is 6.91. The van der Waals surface area contributed by atoms with E-state index in [0.717, 1.165) is 13.1 Å². The van der Waals surface area contributed by atoms with Gasteiger partial charge >= 0.3 is 0 Å². The third-order valence-corrected chi connectivity index (χ3v) is 3.73. The number of rotatable bonds is 4. The van der Waals surface area contributed by atoms with E-state index < -0.39 is 0 Å². The number of aryl methyl sites for hydroxylation is 1. The van der Waals surface area contributed by atoms with E-state index in [4.69, 9.17) is 0 Å². The molecule has 0 aromatic heterocycles. The van der Waals surface area contributed by atoms with Gasteiger partial charge in [-0.15, -0.1) is 0 Å². The third kappa shape index (κ3) is 2.81. The monoisotopic (exact) mass is 232 g/mol. The lowest BCUT2D eigenvalue weighted by Crippen LogP contribution is -2.41. The van der Waals surface area contributed by atoms with Crippen LogP contribution >= 0.6 is 0 Å². The molecule has 0 bridgehead atoms. The Kier molecular flexibility index (Phi) is 4.06. The summed E-state index contributed by atoms with van der Waals surface area (Å²) in [6.07, 6.45) is 2.51. The molecule has 1 N–H and O–H groups in total. The molecule has 1 aliphatic heterocycles. The molecule has 1 aromatic carbocycles. The summed E-state index contributed by atoms with van der Waals surface area (Å²) in [5.74, 6) is 0.689. The zero-order valence-electron chi connectivity index (χ0n) is 11.2. The highest BCUT2D eigenvalue weighted by molar-refractivity contribution is 5.56. The van der Waals surface area contributed by atoms with Gasteiger partial charge in [-0.05, 0) is 50.9 Å². The standard InChI is InChI=1S/C15H24N2/c1-12(10-16-3)11-17-13(2)8-9-14-6-4-5-7-15(14)17/h4-7,12-13,16H,8-11H2,1-3H3. The van der Waals surface area contributed by atoms with E-state index in [9.17, 15) is 0 Å². The summed E-state index contributed by atoms with van der Waals surface area (Å²) >= 11 is 0. The number of nitrogens with one attached hydrogen (secondary N) is 1. The second-order valence-electron chi connectivity index (χ2n) is 5.33. The number of benzene rings is 1. The van der Waals surface area contributed by atoms with Gasteiger partial charge < -0.3 is 10.2 Å². The molecule has 2 rings (SSSR count). The predicted molar refractivity (Wildman–Crippen MR) is 74.7 cm³/mol. The van der Waals surface area contributed by atoms with E-state index in [-0.39, 0.29) is 0 Å². The lowest BCUT2D eigenvalue weighted by atomic mass is 9.95. The van der Waals surface area contributed by atoms with Crippen molar-refractivity contribution < 1.29 is 0 Å². The number of nitrogens with zero attached hydrogens (tertiary/aromatic N) is 1. The Morgan fingerprint density at radius 1 is 1.41 bits per heavy atom. The zero-order valence-corrected chi connectivity index (χ0v) is 11.2. The van der Waals surface area contributed by atoms with E-state index in [2.05, 4.69) is 48.3 Å². The molecule has 2 unspecified atom stereocenters. The maximum atomic E-state index is 3.27. The summed E-state index contributed by atoms with van der Waals surface area (Å²) in [5, 5.41) is 3.27. The number of hydrogen-bond donors (Lipinski definition) is 1. The largest absolute Gasteiger partial charge is 0.368 e. The van der Waals surface area contributed by atoms with Crippen LogP contribution in [0.2, 0.25) is 0 Å². The fourth-order valence-electron chi connectivity index (χ4n) is 2.79. The molecule has 2 nitrogen and oxygen atoms in total. The highest BCUT2D eigenvalue weighted by atomic mass is 15.2. The van der Waals surface area contributed by atoms with Crippen LogP contribution in [0.1, 0.15) is 25.8 Å². The SMILES string of the molecule is CNCC(C)CN1c2ccccc2CCC1C. The average Bonchev–Trinajstić information content (AvgIpc) is 2.33. The van der Waals surface area contributed by atoms with Gasteiger partial charge in [0.05, 0.1) is 0 Å². The molecule has 94 valence electrons. The highest BCUT2D eigenvalue weighted by Crippen LogP contribution is 2.30. The van der Waals surface area contributed by atoms with Crippen LogP contribution in [-0.2, 0) is 6.42 Å². The maximum Gasteiger partial charge on any atom is 0.0401 e. The van der Waals surface area contributed by atoms with Crippen molar-refractivity contribution in [3.05, 3.63) is 29.8 Å². The summed E-state index contributed by atoms with van der Waals surface area (Å²) in [6, 6.07) is 9.54. The molecule has 0 spiro atoms. The number of fused-ring (bicyclic) bond motifs is 1. The average molecular weight is 232 g/mol. The van der Waals surface area contributed by atoms with Gasteiger partial charge in [-0.25, -0.2) is 0 Å². The van der Waals surface area contributed by atoms with Gasteiger partial charge in [-0.1, -0.05) is 25.1 Å². The van der Waals surface area contributed by atoms with Crippen LogP contribution in [0.4, 0.5) is 5.69 Å². The Bertz CT molecular complexity index is 362. The molecule has 2 heteroatoms. The first-order valence-corrected chi connectivity index (χ1v) is 6.71. The first-order valence-electron chi connectivity index (χ1n) is 6.71. The van der Waals surface area contributed by atoms with Crippen LogP contribution in [0.5, 0.6) is 0 Å². The minimum atomic E-state index is 0.671. The first kappa shape index (κ1) is 12.4. The molecule has 0 saturated carbocycles. The van der Waals surface area contributed by atoms with Crippen LogP contribution in [-0.4, -0.2) is 26.2 Å². The summed E-state index contributed by atoms with van der Waals surface area (Å²) in [4.78, 5) is 2.58. The lowest BCUT2D eigenvalue weighted by Gasteiger charge is -2.38. The van der Waals surface area contributed by atoms with Gasteiger partial charge in [-0.3, -0.25) is 0 Å². The van der Waals surface area contributed by atoms with Crippen molar-refractivity contribution in [1.29, 1.82) is 0 Å². The van der Waals surface area contributed by atoms with Crippen LogP contribution < -0.4 is 10.2 Å². The van der Waals surface area contributed by atoms with Crippen molar-refractivity contribution in [1.82, 2.24) is 5.32 Å². The van der Waals surface area contributed by atoms with Crippen molar-refractivity contribution in [2.24, 2.45) is 5.92 Å².